The third-order valence-electron chi connectivity index (χ3n) is 4.25. The van der Waals surface area contributed by atoms with E-state index in [2.05, 4.69) is 43.3 Å². The minimum absolute atomic E-state index is 0. The van der Waals surface area contributed by atoms with E-state index in [1.54, 1.807) is 0 Å². The number of hydrogen-bond acceptors (Lipinski definition) is 2. The zero-order valence-corrected chi connectivity index (χ0v) is 17.1. The summed E-state index contributed by atoms with van der Waals surface area (Å²) in [5.74, 6) is 2.02. The second-order valence-electron chi connectivity index (χ2n) is 6.85. The number of aliphatic imine (C=N–C) groups is 1. The highest BCUT2D eigenvalue weighted by Crippen LogP contribution is 2.25. The average Bonchev–Trinajstić information content (AvgIpc) is 2.81. The average molecular weight is 425 g/mol. The fourth-order valence-corrected chi connectivity index (χ4v) is 2.90. The molecule has 5 heteroatoms. The molecule has 3 N–H and O–H groups in total. The van der Waals surface area contributed by atoms with Gasteiger partial charge in [-0.2, -0.15) is 0 Å². The summed E-state index contributed by atoms with van der Waals surface area (Å²) in [6.45, 7) is 10.5. The third kappa shape index (κ3) is 9.18. The number of nitrogens with one attached hydrogen (secondary N) is 2. The molecule has 0 bridgehead atoms. The molecule has 0 aromatic carbocycles. The second-order valence-corrected chi connectivity index (χ2v) is 6.85. The standard InChI is InChI=1S/C17H35N3O.HI/c1-5-18-17(19-12-15-10-7-11-16(15)21)20-14(4)9-6-8-13(2)3;/h13-16,21H,5-12H2,1-4H3,(H2,18,19,20);1H. The number of aliphatic hydroxyl groups is 1. The number of guanidine groups is 1. The highest BCUT2D eigenvalue weighted by atomic mass is 127. The minimum Gasteiger partial charge on any atom is -0.393 e. The van der Waals surface area contributed by atoms with E-state index in [4.69, 9.17) is 0 Å². The van der Waals surface area contributed by atoms with Gasteiger partial charge >= 0.3 is 0 Å². The smallest absolute Gasteiger partial charge is 0.191 e. The van der Waals surface area contributed by atoms with Gasteiger partial charge in [-0.05, 0) is 39.0 Å². The topological polar surface area (TPSA) is 56.7 Å². The van der Waals surface area contributed by atoms with Crippen LogP contribution in [-0.2, 0) is 0 Å². The Hall–Kier alpha value is -0.0400. The molecular formula is C17H36IN3O. The Labute approximate surface area is 154 Å². The fraction of sp³-hybridized carbons (Fsp3) is 0.941. The van der Waals surface area contributed by atoms with E-state index >= 15 is 0 Å². The maximum Gasteiger partial charge on any atom is 0.191 e. The Balaban J connectivity index is 0.00000441. The van der Waals surface area contributed by atoms with E-state index in [1.807, 2.05) is 0 Å². The molecule has 1 aliphatic rings. The molecule has 0 amide bonds. The summed E-state index contributed by atoms with van der Waals surface area (Å²) >= 11 is 0. The fourth-order valence-electron chi connectivity index (χ4n) is 2.90. The molecule has 1 aliphatic carbocycles. The summed E-state index contributed by atoms with van der Waals surface area (Å²) in [5.41, 5.74) is 0. The van der Waals surface area contributed by atoms with Crippen molar-refractivity contribution < 1.29 is 5.11 Å². The predicted molar refractivity (Wildman–Crippen MR) is 106 cm³/mol. The number of aliphatic hydroxyl groups excluding tert-OH is 1. The summed E-state index contributed by atoms with van der Waals surface area (Å²) < 4.78 is 0. The van der Waals surface area contributed by atoms with Crippen LogP contribution < -0.4 is 10.6 Å². The number of nitrogens with zero attached hydrogens (tertiary/aromatic N) is 1. The number of halogens is 1. The van der Waals surface area contributed by atoms with Crippen LogP contribution in [0.1, 0.15) is 66.2 Å². The lowest BCUT2D eigenvalue weighted by Crippen LogP contribution is -2.42. The van der Waals surface area contributed by atoms with Crippen LogP contribution in [0.15, 0.2) is 4.99 Å². The molecule has 0 heterocycles. The van der Waals surface area contributed by atoms with Crippen molar-refractivity contribution in [3.05, 3.63) is 0 Å². The first-order chi connectivity index (χ1) is 10.0. The van der Waals surface area contributed by atoms with Gasteiger partial charge in [0.25, 0.3) is 0 Å². The molecule has 3 atom stereocenters. The lowest BCUT2D eigenvalue weighted by molar-refractivity contribution is 0.136. The molecule has 0 aliphatic heterocycles. The van der Waals surface area contributed by atoms with E-state index in [-0.39, 0.29) is 30.1 Å². The quantitative estimate of drug-likeness (QED) is 0.317. The van der Waals surface area contributed by atoms with E-state index < -0.39 is 0 Å². The van der Waals surface area contributed by atoms with Gasteiger partial charge in [-0.3, -0.25) is 4.99 Å². The van der Waals surface area contributed by atoms with Gasteiger partial charge in [-0.1, -0.05) is 33.1 Å². The first-order valence-electron chi connectivity index (χ1n) is 8.75. The van der Waals surface area contributed by atoms with Gasteiger partial charge in [0.2, 0.25) is 0 Å². The van der Waals surface area contributed by atoms with Crippen molar-refractivity contribution in [2.45, 2.75) is 78.4 Å². The first kappa shape index (κ1) is 22.0. The van der Waals surface area contributed by atoms with Crippen molar-refractivity contribution in [1.29, 1.82) is 0 Å². The molecule has 0 saturated heterocycles. The highest BCUT2D eigenvalue weighted by Gasteiger charge is 2.24. The molecule has 0 aromatic heterocycles. The van der Waals surface area contributed by atoms with Crippen molar-refractivity contribution in [3.8, 4) is 0 Å². The Bertz CT molecular complexity index is 310. The lowest BCUT2D eigenvalue weighted by atomic mass is 10.0. The Kier molecular flexibility index (Phi) is 12.4. The predicted octanol–water partition coefficient (Wildman–Crippen LogP) is 3.54. The molecule has 1 fully saturated rings. The van der Waals surface area contributed by atoms with Gasteiger partial charge in [0, 0.05) is 25.0 Å². The maximum absolute atomic E-state index is 9.87. The molecule has 0 aromatic rings. The molecule has 0 radical (unpaired) electrons. The number of rotatable bonds is 8. The van der Waals surface area contributed by atoms with E-state index in [0.29, 0.717) is 12.0 Å². The largest absolute Gasteiger partial charge is 0.393 e. The maximum atomic E-state index is 9.87. The van der Waals surface area contributed by atoms with Crippen LogP contribution >= 0.6 is 24.0 Å². The first-order valence-corrected chi connectivity index (χ1v) is 8.75. The van der Waals surface area contributed by atoms with Gasteiger partial charge < -0.3 is 15.7 Å². The SMILES string of the molecule is CCNC(=NCC1CCCC1O)NC(C)CCCC(C)C.I. The molecule has 3 unspecified atom stereocenters. The van der Waals surface area contributed by atoms with E-state index in [1.165, 1.54) is 19.3 Å². The highest BCUT2D eigenvalue weighted by molar-refractivity contribution is 14.0. The van der Waals surface area contributed by atoms with Gasteiger partial charge in [0.05, 0.1) is 6.10 Å². The molecule has 1 saturated carbocycles. The van der Waals surface area contributed by atoms with Crippen molar-refractivity contribution >= 4 is 29.9 Å². The molecule has 0 spiro atoms. The monoisotopic (exact) mass is 425 g/mol. The van der Waals surface area contributed by atoms with Crippen molar-refractivity contribution in [2.24, 2.45) is 16.8 Å². The lowest BCUT2D eigenvalue weighted by Gasteiger charge is -2.19. The molecule has 132 valence electrons. The zero-order valence-electron chi connectivity index (χ0n) is 14.8. The summed E-state index contributed by atoms with van der Waals surface area (Å²) in [6, 6.07) is 0.440. The Morgan fingerprint density at radius 3 is 2.50 bits per heavy atom. The van der Waals surface area contributed by atoms with Gasteiger partial charge in [-0.25, -0.2) is 0 Å². The van der Waals surface area contributed by atoms with Crippen LogP contribution in [0.5, 0.6) is 0 Å². The van der Waals surface area contributed by atoms with Crippen LogP contribution in [0.2, 0.25) is 0 Å². The number of hydrogen-bond donors (Lipinski definition) is 3. The summed E-state index contributed by atoms with van der Waals surface area (Å²) in [7, 11) is 0. The second kappa shape index (κ2) is 12.4. The van der Waals surface area contributed by atoms with E-state index in [9.17, 15) is 5.11 Å². The van der Waals surface area contributed by atoms with Gasteiger partial charge in [0.15, 0.2) is 5.96 Å². The van der Waals surface area contributed by atoms with Gasteiger partial charge in [0.1, 0.15) is 0 Å². The van der Waals surface area contributed by atoms with Crippen LogP contribution in [0.4, 0.5) is 0 Å². The van der Waals surface area contributed by atoms with Crippen molar-refractivity contribution in [1.82, 2.24) is 10.6 Å². The van der Waals surface area contributed by atoms with Crippen LogP contribution in [-0.4, -0.2) is 36.3 Å². The van der Waals surface area contributed by atoms with Gasteiger partial charge in [-0.15, -0.1) is 24.0 Å². The van der Waals surface area contributed by atoms with Crippen molar-refractivity contribution in [2.75, 3.05) is 13.1 Å². The van der Waals surface area contributed by atoms with E-state index in [0.717, 1.165) is 44.2 Å². The third-order valence-corrected chi connectivity index (χ3v) is 4.25. The molecular weight excluding hydrogens is 389 g/mol. The Morgan fingerprint density at radius 2 is 1.95 bits per heavy atom. The summed E-state index contributed by atoms with van der Waals surface area (Å²) in [5, 5.41) is 16.7. The molecule has 1 rings (SSSR count). The Morgan fingerprint density at radius 1 is 1.23 bits per heavy atom. The molecule has 22 heavy (non-hydrogen) atoms. The minimum atomic E-state index is -0.153. The zero-order chi connectivity index (χ0) is 15.7. The summed E-state index contributed by atoms with van der Waals surface area (Å²) in [4.78, 5) is 4.66. The van der Waals surface area contributed by atoms with Crippen LogP contribution in [0.3, 0.4) is 0 Å². The normalized spacial score (nSPS) is 23.3. The summed E-state index contributed by atoms with van der Waals surface area (Å²) in [6.07, 6.45) is 6.75. The van der Waals surface area contributed by atoms with Crippen molar-refractivity contribution in [3.63, 3.8) is 0 Å². The van der Waals surface area contributed by atoms with Crippen LogP contribution in [0.25, 0.3) is 0 Å². The van der Waals surface area contributed by atoms with Crippen LogP contribution in [0, 0.1) is 11.8 Å². The molecule has 4 nitrogen and oxygen atoms in total.